The van der Waals surface area contributed by atoms with Crippen LogP contribution in [0.5, 0.6) is 0 Å². The van der Waals surface area contributed by atoms with Gasteiger partial charge in [-0.2, -0.15) is 0 Å². The first-order valence-electron chi connectivity index (χ1n) is 37.5. The number of aliphatic hydroxyl groups excluding tert-OH is 1. The van der Waals surface area contributed by atoms with Gasteiger partial charge < -0.3 is 33.8 Å². The lowest BCUT2D eigenvalue weighted by molar-refractivity contribution is -0.161. The van der Waals surface area contributed by atoms with E-state index in [0.717, 1.165) is 122 Å². The van der Waals surface area contributed by atoms with E-state index in [1.54, 1.807) is 0 Å². The number of hydrogen-bond donors (Lipinski definition) is 3. The smallest absolute Gasteiger partial charge is 0.462 e. The Morgan fingerprint density at radius 1 is 0.309 bits per heavy atom. The molecule has 0 saturated heterocycles. The van der Waals surface area contributed by atoms with Gasteiger partial charge in [0.05, 0.1) is 26.4 Å². The van der Waals surface area contributed by atoms with Crippen LogP contribution in [0.15, 0.2) is 60.8 Å². The number of esters is 4. The van der Waals surface area contributed by atoms with Gasteiger partial charge in [-0.3, -0.25) is 37.3 Å². The molecule has 0 aromatic heterocycles. The molecule has 3 N–H and O–H groups in total. The molecule has 0 aromatic carbocycles. The minimum absolute atomic E-state index is 0.0790. The Balaban J connectivity index is 5.32. The monoisotopic (exact) mass is 1370 g/mol. The van der Waals surface area contributed by atoms with Crippen molar-refractivity contribution in [1.82, 2.24) is 0 Å². The van der Waals surface area contributed by atoms with Crippen molar-refractivity contribution in [2.75, 3.05) is 39.6 Å². The molecule has 0 spiro atoms. The molecule has 0 bridgehead atoms. The third kappa shape index (κ3) is 67.3. The molecule has 0 aliphatic heterocycles. The van der Waals surface area contributed by atoms with Gasteiger partial charge in [-0.05, 0) is 89.9 Å². The molecule has 19 heteroatoms. The minimum atomic E-state index is -4.97. The normalized spacial score (nSPS) is 14.3. The SMILES string of the molecule is CC/C=C\C/C=C\C/C=C\C/C=C\CCCCC(=O)OCC(COP(=O)(O)OCC(O)COP(=O)(O)OCC(COC(=O)CCCCCCCCCCCCCCCCC)OC(=O)CCCCCCCCCCCCC)OC(=O)CCCCCCC/C=C\CCCCCC. The maximum atomic E-state index is 13.0. The number of unbranched alkanes of at least 4 members (excludes halogenated alkanes) is 35. The molecule has 0 heterocycles. The van der Waals surface area contributed by atoms with Gasteiger partial charge in [-0.15, -0.1) is 0 Å². The van der Waals surface area contributed by atoms with Crippen molar-refractivity contribution >= 4 is 39.5 Å². The fraction of sp³-hybridized carbons (Fsp3) is 0.813. The van der Waals surface area contributed by atoms with Crippen LogP contribution in [0.1, 0.15) is 336 Å². The molecule has 0 saturated carbocycles. The average Bonchev–Trinajstić information content (AvgIpc) is 1.55. The Morgan fingerprint density at radius 2 is 0.553 bits per heavy atom. The van der Waals surface area contributed by atoms with E-state index in [4.69, 9.17) is 37.0 Å². The van der Waals surface area contributed by atoms with Gasteiger partial charge in [0.2, 0.25) is 0 Å². The molecule has 0 radical (unpaired) electrons. The van der Waals surface area contributed by atoms with Crippen molar-refractivity contribution in [3.8, 4) is 0 Å². The third-order valence-electron chi connectivity index (χ3n) is 16.0. The number of ether oxygens (including phenoxy) is 4. The second-order valence-electron chi connectivity index (χ2n) is 25.2. The number of phosphoric acid groups is 2. The first kappa shape index (κ1) is 90.8. The van der Waals surface area contributed by atoms with Crippen molar-refractivity contribution in [2.24, 2.45) is 0 Å². The predicted molar refractivity (Wildman–Crippen MR) is 381 cm³/mol. The summed E-state index contributed by atoms with van der Waals surface area (Å²) in [5, 5.41) is 10.6. The van der Waals surface area contributed by atoms with Crippen molar-refractivity contribution in [2.45, 2.75) is 354 Å². The van der Waals surface area contributed by atoms with Crippen LogP contribution in [-0.4, -0.2) is 96.7 Å². The Bertz CT molecular complexity index is 2030. The van der Waals surface area contributed by atoms with Crippen molar-refractivity contribution in [3.05, 3.63) is 60.8 Å². The minimum Gasteiger partial charge on any atom is -0.462 e. The average molecular weight is 1370 g/mol. The van der Waals surface area contributed by atoms with Crippen LogP contribution in [0.25, 0.3) is 0 Å². The van der Waals surface area contributed by atoms with Gasteiger partial charge in [-0.25, -0.2) is 9.13 Å². The summed E-state index contributed by atoms with van der Waals surface area (Å²) in [5.74, 6) is -2.20. The summed E-state index contributed by atoms with van der Waals surface area (Å²) < 4.78 is 68.3. The zero-order chi connectivity index (χ0) is 69.0. The Hall–Kier alpha value is -3.24. The maximum Gasteiger partial charge on any atom is 0.472 e. The summed E-state index contributed by atoms with van der Waals surface area (Å²) in [5.41, 5.74) is 0. The lowest BCUT2D eigenvalue weighted by Crippen LogP contribution is -2.30. The molecule has 94 heavy (non-hydrogen) atoms. The number of phosphoric ester groups is 2. The van der Waals surface area contributed by atoms with Gasteiger partial charge in [0.25, 0.3) is 0 Å². The topological polar surface area (TPSA) is 237 Å². The quantitative estimate of drug-likeness (QED) is 0.0169. The van der Waals surface area contributed by atoms with Crippen LogP contribution in [0.2, 0.25) is 0 Å². The summed E-state index contributed by atoms with van der Waals surface area (Å²) in [7, 11) is -9.94. The summed E-state index contributed by atoms with van der Waals surface area (Å²) in [6.45, 7) is 4.73. The van der Waals surface area contributed by atoms with Gasteiger partial charge in [0, 0.05) is 25.7 Å². The summed E-state index contributed by atoms with van der Waals surface area (Å²) in [6.07, 6.45) is 65.1. The highest BCUT2D eigenvalue weighted by molar-refractivity contribution is 7.47. The maximum absolute atomic E-state index is 13.0. The van der Waals surface area contributed by atoms with Crippen LogP contribution in [-0.2, 0) is 65.4 Å². The van der Waals surface area contributed by atoms with Crippen LogP contribution in [0.4, 0.5) is 0 Å². The zero-order valence-electron chi connectivity index (χ0n) is 59.6. The van der Waals surface area contributed by atoms with E-state index < -0.39 is 97.5 Å². The predicted octanol–water partition coefficient (Wildman–Crippen LogP) is 21.1. The van der Waals surface area contributed by atoms with Crippen LogP contribution < -0.4 is 0 Å². The van der Waals surface area contributed by atoms with Crippen LogP contribution in [0.3, 0.4) is 0 Å². The summed E-state index contributed by atoms with van der Waals surface area (Å²) in [6, 6.07) is 0. The molecular weight excluding hydrogens is 1230 g/mol. The van der Waals surface area contributed by atoms with Gasteiger partial charge in [0.15, 0.2) is 12.2 Å². The summed E-state index contributed by atoms with van der Waals surface area (Å²) >= 11 is 0. The molecule has 0 amide bonds. The van der Waals surface area contributed by atoms with Gasteiger partial charge in [-0.1, -0.05) is 281 Å². The first-order valence-corrected chi connectivity index (χ1v) is 40.5. The van der Waals surface area contributed by atoms with Crippen LogP contribution >= 0.6 is 15.6 Å². The molecule has 0 fully saturated rings. The van der Waals surface area contributed by atoms with E-state index in [9.17, 15) is 43.2 Å². The van der Waals surface area contributed by atoms with E-state index in [1.165, 1.54) is 135 Å². The molecule has 0 rings (SSSR count). The fourth-order valence-corrected chi connectivity index (χ4v) is 11.8. The van der Waals surface area contributed by atoms with Gasteiger partial charge in [0.1, 0.15) is 19.3 Å². The lowest BCUT2D eigenvalue weighted by atomic mass is 10.0. The third-order valence-corrected chi connectivity index (χ3v) is 17.9. The number of carbonyl (C=O) groups excluding carboxylic acids is 4. The number of allylic oxidation sites excluding steroid dienone is 10. The number of aliphatic hydroxyl groups is 1. The molecule has 5 atom stereocenters. The van der Waals surface area contributed by atoms with Gasteiger partial charge >= 0.3 is 39.5 Å². The van der Waals surface area contributed by atoms with E-state index >= 15 is 0 Å². The van der Waals surface area contributed by atoms with Crippen molar-refractivity contribution in [1.29, 1.82) is 0 Å². The Kier molecular flexibility index (Phi) is 65.9. The number of hydrogen-bond acceptors (Lipinski definition) is 15. The summed E-state index contributed by atoms with van der Waals surface area (Å²) in [4.78, 5) is 72.7. The standard InChI is InChI=1S/C75H136O17P2/c1-5-9-13-17-21-25-29-32-34-37-40-43-47-51-55-59-72(77)85-65-70(91-74(79)61-57-53-49-45-39-28-24-20-16-12-8-4)67-89-93(81,82)87-63-69(76)64-88-94(83,84)90-68-71(92-75(80)62-58-54-50-46-42-36-31-27-23-19-15-11-7-3)66-86-73(78)60-56-52-48-44-41-38-35-33-30-26-22-18-14-10-6-2/h10,14,22,26-27,31,33,35,41,44,69-71,76H,5-9,11-13,15-21,23-25,28-30,32,34,36-40,42-43,45-68H2,1-4H3,(H,81,82)(H,83,84)/b14-10-,26-22-,31-27-,35-33-,44-41-. The molecule has 5 unspecified atom stereocenters. The zero-order valence-corrected chi connectivity index (χ0v) is 61.4. The largest absolute Gasteiger partial charge is 0.472 e. The molecule has 17 nitrogen and oxygen atoms in total. The molecule has 548 valence electrons. The van der Waals surface area contributed by atoms with E-state index in [-0.39, 0.29) is 25.7 Å². The van der Waals surface area contributed by atoms with E-state index in [1.807, 2.05) is 0 Å². The second-order valence-corrected chi connectivity index (χ2v) is 28.1. The Labute approximate surface area is 571 Å². The second kappa shape index (κ2) is 68.3. The first-order chi connectivity index (χ1) is 45.7. The highest BCUT2D eigenvalue weighted by Gasteiger charge is 2.30. The van der Waals surface area contributed by atoms with E-state index in [2.05, 4.69) is 88.5 Å². The highest BCUT2D eigenvalue weighted by atomic mass is 31.2. The number of carbonyl (C=O) groups is 4. The van der Waals surface area contributed by atoms with E-state index in [0.29, 0.717) is 25.7 Å². The number of rotatable bonds is 71. The van der Waals surface area contributed by atoms with Crippen molar-refractivity contribution in [3.63, 3.8) is 0 Å². The highest BCUT2D eigenvalue weighted by Crippen LogP contribution is 2.45. The lowest BCUT2D eigenvalue weighted by Gasteiger charge is -2.21. The molecule has 0 aliphatic carbocycles. The van der Waals surface area contributed by atoms with Crippen molar-refractivity contribution < 1.29 is 80.2 Å². The molecule has 0 aromatic rings. The Morgan fingerprint density at radius 3 is 0.894 bits per heavy atom. The fourth-order valence-electron chi connectivity index (χ4n) is 10.3. The molecule has 0 aliphatic rings. The molecular formula is C75H136O17P2. The van der Waals surface area contributed by atoms with Crippen LogP contribution in [0, 0.1) is 0 Å².